The lowest BCUT2D eigenvalue weighted by Gasteiger charge is -2.37. The molecule has 364 valence electrons. The predicted molar refractivity (Wildman–Crippen MR) is 258 cm³/mol. The van der Waals surface area contributed by atoms with Gasteiger partial charge in [-0.25, -0.2) is 24.7 Å². The highest BCUT2D eigenvalue weighted by Gasteiger charge is 2.41. The van der Waals surface area contributed by atoms with Gasteiger partial charge in [0.05, 0.1) is 60.6 Å². The van der Waals surface area contributed by atoms with E-state index in [1.807, 2.05) is 19.1 Å². The van der Waals surface area contributed by atoms with Crippen molar-refractivity contribution in [2.45, 2.75) is 114 Å². The van der Waals surface area contributed by atoms with Crippen molar-refractivity contribution in [1.82, 2.24) is 29.7 Å². The molecule has 15 nitrogen and oxygen atoms in total. The van der Waals surface area contributed by atoms with E-state index in [4.69, 9.17) is 66.3 Å². The number of carboxylic acid groups (broad SMARTS) is 1. The van der Waals surface area contributed by atoms with Gasteiger partial charge < -0.3 is 43.2 Å². The molecule has 18 heteroatoms. The van der Waals surface area contributed by atoms with Crippen LogP contribution >= 0.6 is 34.5 Å². The fourth-order valence-electron chi connectivity index (χ4n) is 10.2. The van der Waals surface area contributed by atoms with Crippen LogP contribution in [0, 0.1) is 5.92 Å². The number of nitrogens with zero attached hydrogens (tertiary/aromatic N) is 6. The van der Waals surface area contributed by atoms with Gasteiger partial charge >= 0.3 is 5.97 Å². The number of hydrogen-bond donors (Lipinski definition) is 1. The fraction of sp³-hybridized carbons (Fsp3) is 0.580. The molecular weight excluding hydrogens is 932 g/mol. The van der Waals surface area contributed by atoms with Gasteiger partial charge in [0.25, 0.3) is 6.29 Å². The van der Waals surface area contributed by atoms with Gasteiger partial charge in [-0.05, 0) is 93.8 Å². The molecule has 4 aromatic rings. The van der Waals surface area contributed by atoms with Crippen molar-refractivity contribution < 1.29 is 43.1 Å². The minimum atomic E-state index is -1.36. The Morgan fingerprint density at radius 2 is 1.81 bits per heavy atom. The van der Waals surface area contributed by atoms with E-state index in [1.54, 1.807) is 29.7 Å². The number of carboxylic acids is 1. The highest BCUT2D eigenvalue weighted by Crippen LogP contribution is 2.54. The monoisotopic (exact) mass is 990 g/mol. The minimum Gasteiger partial charge on any atom is -0.487 e. The van der Waals surface area contributed by atoms with Crippen LogP contribution < -0.4 is 14.2 Å². The quantitative estimate of drug-likeness (QED) is 0.143. The zero-order valence-electron chi connectivity index (χ0n) is 38.9. The molecular formula is C50H60Cl2N6O9S. The summed E-state index contributed by atoms with van der Waals surface area (Å²) in [5, 5.41) is 11.4. The van der Waals surface area contributed by atoms with Crippen molar-refractivity contribution in [2.24, 2.45) is 5.92 Å². The summed E-state index contributed by atoms with van der Waals surface area (Å²) in [5.41, 5.74) is 3.98. The molecule has 2 unspecified atom stereocenters. The predicted octanol–water partition coefficient (Wildman–Crippen LogP) is 8.32. The number of benzene rings is 1. The Balaban J connectivity index is 0.964. The molecule has 4 aliphatic heterocycles. The Morgan fingerprint density at radius 1 is 0.985 bits per heavy atom. The maximum atomic E-state index is 13.4. The molecule has 5 atom stereocenters. The van der Waals surface area contributed by atoms with Crippen LogP contribution in [0.25, 0.3) is 15.8 Å². The topological polar surface area (TPSA) is 160 Å². The van der Waals surface area contributed by atoms with Crippen molar-refractivity contribution in [3.8, 4) is 17.4 Å². The lowest BCUT2D eigenvalue weighted by atomic mass is 9.77. The average Bonchev–Trinajstić information content (AvgIpc) is 3.70. The molecule has 3 aliphatic carbocycles. The van der Waals surface area contributed by atoms with Gasteiger partial charge in [-0.15, -0.1) is 22.9 Å². The molecule has 11 rings (SSSR count). The van der Waals surface area contributed by atoms with Crippen LogP contribution in [0.4, 0.5) is 0 Å². The number of hydrogen-bond acceptors (Lipinski definition) is 15. The summed E-state index contributed by atoms with van der Waals surface area (Å²) in [6, 6.07) is 7.27. The van der Waals surface area contributed by atoms with Gasteiger partial charge in [-0.2, -0.15) is 0 Å². The molecule has 68 heavy (non-hydrogen) atoms. The van der Waals surface area contributed by atoms with Gasteiger partial charge in [0.2, 0.25) is 12.0 Å². The molecule has 0 radical (unpaired) electrons. The molecule has 0 amide bonds. The molecule has 7 heterocycles. The summed E-state index contributed by atoms with van der Waals surface area (Å²) >= 11 is 16.5. The summed E-state index contributed by atoms with van der Waals surface area (Å²) < 4.78 is 44.2. The molecule has 2 saturated carbocycles. The molecule has 0 spiro atoms. The third-order valence-corrected chi connectivity index (χ3v) is 16.7. The van der Waals surface area contributed by atoms with Crippen molar-refractivity contribution in [2.75, 3.05) is 66.2 Å². The molecule has 4 fully saturated rings. The van der Waals surface area contributed by atoms with Gasteiger partial charge in [0.1, 0.15) is 47.0 Å². The molecule has 2 saturated heterocycles. The van der Waals surface area contributed by atoms with Gasteiger partial charge in [0.15, 0.2) is 0 Å². The highest BCUT2D eigenvalue weighted by atomic mass is 35.5. The second-order valence-corrected chi connectivity index (χ2v) is 20.9. The lowest BCUT2D eigenvalue weighted by molar-refractivity contribution is -0.145. The first-order chi connectivity index (χ1) is 33.1. The minimum absolute atomic E-state index is 0.0116. The van der Waals surface area contributed by atoms with E-state index in [2.05, 4.69) is 33.7 Å². The number of alkyl halides is 1. The number of carbonyl (C=O) groups is 1. The van der Waals surface area contributed by atoms with Crippen LogP contribution in [-0.4, -0.2) is 137 Å². The molecule has 1 aromatic carbocycles. The third-order valence-electron chi connectivity index (χ3n) is 14.4. The largest absolute Gasteiger partial charge is 0.487 e. The first-order valence-corrected chi connectivity index (χ1v) is 25.7. The highest BCUT2D eigenvalue weighted by molar-refractivity contribution is 7.19. The Kier molecular flexibility index (Phi) is 14.7. The van der Waals surface area contributed by atoms with Crippen LogP contribution in [0.2, 0.25) is 0 Å². The fourth-order valence-corrected chi connectivity index (χ4v) is 12.1. The summed E-state index contributed by atoms with van der Waals surface area (Å²) in [6.07, 6.45) is 8.00. The number of ether oxygens (including phenoxy) is 7. The summed E-state index contributed by atoms with van der Waals surface area (Å²) in [4.78, 5) is 38.8. The number of fused-ring (bicyclic) bond motifs is 6. The van der Waals surface area contributed by atoms with Crippen LogP contribution in [-0.2, 0) is 36.8 Å². The molecule has 7 aliphatic rings. The van der Waals surface area contributed by atoms with Crippen molar-refractivity contribution in [3.05, 3.63) is 80.7 Å². The van der Waals surface area contributed by atoms with Crippen LogP contribution in [0.3, 0.4) is 0 Å². The average molecular weight is 992 g/mol. The van der Waals surface area contributed by atoms with E-state index in [0.717, 1.165) is 103 Å². The summed E-state index contributed by atoms with van der Waals surface area (Å²) in [6.45, 7) is 10.5. The van der Waals surface area contributed by atoms with Crippen LogP contribution in [0.15, 0.2) is 53.2 Å². The smallest absolute Gasteiger partial charge is 0.345 e. The zero-order chi connectivity index (χ0) is 46.9. The number of rotatable bonds is 11. The zero-order valence-corrected chi connectivity index (χ0v) is 41.2. The number of halogens is 2. The maximum Gasteiger partial charge on any atom is 0.345 e. The molecule has 4 bridgehead atoms. The second kappa shape index (κ2) is 21.1. The van der Waals surface area contributed by atoms with Crippen molar-refractivity contribution in [1.29, 1.82) is 0 Å². The lowest BCUT2D eigenvalue weighted by Crippen LogP contribution is -2.48. The third kappa shape index (κ3) is 10.3. The summed E-state index contributed by atoms with van der Waals surface area (Å²) in [7, 11) is 2.12. The Morgan fingerprint density at radius 3 is 2.56 bits per heavy atom. The van der Waals surface area contributed by atoms with E-state index in [-0.39, 0.29) is 43.0 Å². The number of likely N-dealkylation sites (N-methyl/N-ethyl adjacent to an activating group) is 1. The first kappa shape index (κ1) is 47.5. The standard InChI is InChI=1S/C50H60Cl2N6O9S/c1-28-40-29(2)44(52)45(43(28)51)67-39(23-58-17-15-57(3)16-18-58)65-35-11-12-37(64-24-33-13-14-53-47(56-33)31-7-9-34(10-8-31)63-26-36-25-61-19-20-62-36)32(21-35)22-38(50(59)60)66-48-42-41(40)46(30-5-4-6-30)68-49(42)55-27-54-48/h11-14,21,27-28,30-31,34,36,38-39,43H,4-10,15-20,22-26H2,1-3H3,(H,59,60)/t28?,31-,34-,36-,38-,39-,43?/m1/s1. The van der Waals surface area contributed by atoms with E-state index in [1.165, 1.54) is 6.33 Å². The summed E-state index contributed by atoms with van der Waals surface area (Å²) in [5.74, 6) is 1.46. The van der Waals surface area contributed by atoms with Crippen molar-refractivity contribution in [3.63, 3.8) is 0 Å². The number of aliphatic carboxylic acids is 1. The Labute approximate surface area is 411 Å². The maximum absolute atomic E-state index is 13.4. The SMILES string of the molecule is CC1=C2c3c(C4CCC4)sc4ncnc(c34)O[C@@H](C(=O)O)Cc3cc(ccc3OCc3ccnc([C@H]4CC[C@H](OC[C@H]5COCCO5)CC4)n3)O[C@@H](CN3CCN(C)CC3)OC(=C1Cl)C(Cl)C2C. The van der Waals surface area contributed by atoms with E-state index < -0.39 is 23.7 Å². The van der Waals surface area contributed by atoms with E-state index in [0.29, 0.717) is 77.8 Å². The number of piperazine rings is 1. The molecule has 1 N–H and O–H groups in total. The second-order valence-electron chi connectivity index (χ2n) is 19.0. The van der Waals surface area contributed by atoms with E-state index >= 15 is 0 Å². The number of allylic oxidation sites excluding steroid dienone is 4. The van der Waals surface area contributed by atoms with Gasteiger partial charge in [-0.3, -0.25) is 4.90 Å². The number of thiophene rings is 1. The normalized spacial score (nSPS) is 27.6. The number of aromatic nitrogens is 4. The first-order valence-electron chi connectivity index (χ1n) is 24.1. The van der Waals surface area contributed by atoms with E-state index in [9.17, 15) is 9.90 Å². The Hall–Kier alpha value is -4.13. The van der Waals surface area contributed by atoms with Crippen LogP contribution in [0.5, 0.6) is 17.4 Å². The van der Waals surface area contributed by atoms with Crippen LogP contribution in [0.1, 0.15) is 98.2 Å². The van der Waals surface area contributed by atoms with Gasteiger partial charge in [-0.1, -0.05) is 24.9 Å². The Bertz CT molecular complexity index is 2520. The van der Waals surface area contributed by atoms with Crippen molar-refractivity contribution >= 4 is 56.3 Å². The molecule has 3 aromatic heterocycles. The van der Waals surface area contributed by atoms with Gasteiger partial charge in [0, 0.05) is 66.6 Å².